The standard InChI is InChI=1S/C14H22N2O4S2/c1-22(18,19)16-7-2-4-12(10-16)14(17)15-6-9-21-11-13-5-3-8-20-13/h3,5,8,12H,2,4,6-7,9-11H2,1H3,(H,15,17)/t12-/m0/s1. The van der Waals surface area contributed by atoms with E-state index in [2.05, 4.69) is 5.32 Å². The predicted octanol–water partition coefficient (Wildman–Crippen LogP) is 1.30. The van der Waals surface area contributed by atoms with Crippen molar-refractivity contribution >= 4 is 27.7 Å². The van der Waals surface area contributed by atoms with Gasteiger partial charge in [0.1, 0.15) is 5.76 Å². The monoisotopic (exact) mass is 346 g/mol. The van der Waals surface area contributed by atoms with Crippen LogP contribution in [0.25, 0.3) is 0 Å². The highest BCUT2D eigenvalue weighted by Gasteiger charge is 2.29. The molecule has 1 fully saturated rings. The Kier molecular flexibility index (Phi) is 6.34. The fraction of sp³-hybridized carbons (Fsp3) is 0.643. The van der Waals surface area contributed by atoms with E-state index in [4.69, 9.17) is 4.42 Å². The predicted molar refractivity (Wildman–Crippen MR) is 87.0 cm³/mol. The molecule has 2 heterocycles. The molecule has 0 saturated carbocycles. The largest absolute Gasteiger partial charge is 0.468 e. The Balaban J connectivity index is 1.66. The van der Waals surface area contributed by atoms with Crippen molar-refractivity contribution in [1.29, 1.82) is 0 Å². The number of amides is 1. The molecule has 6 nitrogen and oxygen atoms in total. The molecule has 1 N–H and O–H groups in total. The van der Waals surface area contributed by atoms with Crippen LogP contribution in [0.15, 0.2) is 22.8 Å². The highest BCUT2D eigenvalue weighted by Crippen LogP contribution is 2.19. The van der Waals surface area contributed by atoms with Crippen LogP contribution in [-0.2, 0) is 20.6 Å². The van der Waals surface area contributed by atoms with E-state index in [-0.39, 0.29) is 11.8 Å². The summed E-state index contributed by atoms with van der Waals surface area (Å²) in [5.74, 6) is 2.22. The van der Waals surface area contributed by atoms with Crippen LogP contribution in [-0.4, -0.2) is 50.3 Å². The Bertz CT molecular complexity index is 572. The van der Waals surface area contributed by atoms with Gasteiger partial charge in [0.15, 0.2) is 0 Å². The summed E-state index contributed by atoms with van der Waals surface area (Å²) in [6.07, 6.45) is 4.32. The number of piperidine rings is 1. The number of sulfonamides is 1. The third kappa shape index (κ3) is 5.33. The van der Waals surface area contributed by atoms with Gasteiger partial charge in [-0.3, -0.25) is 4.79 Å². The molecule has 22 heavy (non-hydrogen) atoms. The first-order valence-corrected chi connectivity index (χ1v) is 10.3. The van der Waals surface area contributed by atoms with E-state index < -0.39 is 10.0 Å². The Hall–Kier alpha value is -0.990. The molecule has 0 bridgehead atoms. The summed E-state index contributed by atoms with van der Waals surface area (Å²) in [5.41, 5.74) is 0. The summed E-state index contributed by atoms with van der Waals surface area (Å²) >= 11 is 1.69. The minimum Gasteiger partial charge on any atom is -0.468 e. The van der Waals surface area contributed by atoms with Gasteiger partial charge >= 0.3 is 0 Å². The SMILES string of the molecule is CS(=O)(=O)N1CCC[C@H](C(=O)NCCSCc2ccco2)C1. The van der Waals surface area contributed by atoms with Gasteiger partial charge in [-0.15, -0.1) is 0 Å². The second-order valence-corrected chi connectivity index (χ2v) is 8.47. The number of nitrogens with one attached hydrogen (secondary N) is 1. The van der Waals surface area contributed by atoms with E-state index in [9.17, 15) is 13.2 Å². The normalized spacial score (nSPS) is 20.0. The Morgan fingerprint density at radius 2 is 2.36 bits per heavy atom. The zero-order chi connectivity index (χ0) is 16.0. The minimum atomic E-state index is -3.21. The average Bonchev–Trinajstić information content (AvgIpc) is 2.99. The number of carbonyl (C=O) groups excluding carboxylic acids is 1. The number of rotatable bonds is 7. The molecule has 1 aromatic heterocycles. The van der Waals surface area contributed by atoms with Crippen molar-refractivity contribution in [3.8, 4) is 0 Å². The maximum Gasteiger partial charge on any atom is 0.224 e. The van der Waals surface area contributed by atoms with Gasteiger partial charge in [0.25, 0.3) is 0 Å². The lowest BCUT2D eigenvalue weighted by Crippen LogP contribution is -2.45. The molecule has 0 radical (unpaired) electrons. The van der Waals surface area contributed by atoms with Gasteiger partial charge in [0.2, 0.25) is 15.9 Å². The van der Waals surface area contributed by atoms with Gasteiger partial charge in [-0.2, -0.15) is 11.8 Å². The number of carbonyl (C=O) groups is 1. The lowest BCUT2D eigenvalue weighted by Gasteiger charge is -2.30. The average molecular weight is 346 g/mol. The molecular formula is C14H22N2O4S2. The maximum absolute atomic E-state index is 12.1. The number of hydrogen-bond donors (Lipinski definition) is 1. The lowest BCUT2D eigenvalue weighted by atomic mass is 9.99. The quantitative estimate of drug-likeness (QED) is 0.753. The van der Waals surface area contributed by atoms with Crippen molar-refractivity contribution in [1.82, 2.24) is 9.62 Å². The summed E-state index contributed by atoms with van der Waals surface area (Å²) in [6.45, 7) is 1.39. The second-order valence-electron chi connectivity index (χ2n) is 5.38. The summed E-state index contributed by atoms with van der Waals surface area (Å²) in [6, 6.07) is 3.78. The van der Waals surface area contributed by atoms with Crippen LogP contribution in [0.4, 0.5) is 0 Å². The highest BCUT2D eigenvalue weighted by molar-refractivity contribution is 7.98. The molecule has 0 aliphatic carbocycles. The zero-order valence-corrected chi connectivity index (χ0v) is 14.3. The first kappa shape index (κ1) is 17.4. The van der Waals surface area contributed by atoms with E-state index in [0.717, 1.165) is 30.1 Å². The van der Waals surface area contributed by atoms with Crippen LogP contribution in [0.5, 0.6) is 0 Å². The van der Waals surface area contributed by atoms with E-state index in [0.29, 0.717) is 19.6 Å². The summed E-state index contributed by atoms with van der Waals surface area (Å²) in [4.78, 5) is 12.1. The molecule has 2 rings (SSSR count). The van der Waals surface area contributed by atoms with E-state index >= 15 is 0 Å². The molecule has 1 atom stereocenters. The summed E-state index contributed by atoms with van der Waals surface area (Å²) in [7, 11) is -3.21. The lowest BCUT2D eigenvalue weighted by molar-refractivity contribution is -0.125. The van der Waals surface area contributed by atoms with Crippen LogP contribution in [0.3, 0.4) is 0 Å². The molecule has 0 spiro atoms. The minimum absolute atomic E-state index is 0.0491. The van der Waals surface area contributed by atoms with Crippen molar-refractivity contribution < 1.29 is 17.6 Å². The molecule has 1 saturated heterocycles. The van der Waals surface area contributed by atoms with Crippen molar-refractivity contribution in [2.24, 2.45) is 5.92 Å². The smallest absolute Gasteiger partial charge is 0.224 e. The fourth-order valence-electron chi connectivity index (χ4n) is 2.42. The second kappa shape index (κ2) is 8.03. The molecule has 0 unspecified atom stereocenters. The maximum atomic E-state index is 12.1. The molecule has 1 aromatic rings. The summed E-state index contributed by atoms with van der Waals surface area (Å²) in [5, 5.41) is 2.89. The van der Waals surface area contributed by atoms with Gasteiger partial charge in [0.05, 0.1) is 24.2 Å². The number of furan rings is 1. The first-order valence-electron chi connectivity index (χ1n) is 7.30. The number of nitrogens with zero attached hydrogens (tertiary/aromatic N) is 1. The third-order valence-electron chi connectivity index (χ3n) is 3.59. The number of hydrogen-bond acceptors (Lipinski definition) is 5. The Labute approximate surface area is 135 Å². The molecule has 1 aliphatic rings. The van der Waals surface area contributed by atoms with Gasteiger partial charge in [0, 0.05) is 25.4 Å². The Morgan fingerprint density at radius 1 is 1.55 bits per heavy atom. The first-order chi connectivity index (χ1) is 10.5. The van der Waals surface area contributed by atoms with Gasteiger partial charge in [-0.1, -0.05) is 0 Å². The van der Waals surface area contributed by atoms with Crippen LogP contribution in [0.1, 0.15) is 18.6 Å². The van der Waals surface area contributed by atoms with Crippen LogP contribution in [0.2, 0.25) is 0 Å². The van der Waals surface area contributed by atoms with Crippen LogP contribution >= 0.6 is 11.8 Å². The van der Waals surface area contributed by atoms with Crippen LogP contribution < -0.4 is 5.32 Å². The van der Waals surface area contributed by atoms with Crippen molar-refractivity contribution in [3.63, 3.8) is 0 Å². The van der Waals surface area contributed by atoms with Crippen molar-refractivity contribution in [3.05, 3.63) is 24.2 Å². The topological polar surface area (TPSA) is 79.6 Å². The third-order valence-corrected chi connectivity index (χ3v) is 5.85. The summed E-state index contributed by atoms with van der Waals surface area (Å²) < 4.78 is 29.7. The van der Waals surface area contributed by atoms with Gasteiger partial charge in [-0.05, 0) is 25.0 Å². The molecule has 1 amide bonds. The van der Waals surface area contributed by atoms with E-state index in [1.54, 1.807) is 18.0 Å². The van der Waals surface area contributed by atoms with E-state index in [1.165, 1.54) is 10.6 Å². The molecule has 1 aliphatic heterocycles. The van der Waals surface area contributed by atoms with Gasteiger partial charge in [-0.25, -0.2) is 12.7 Å². The molecular weight excluding hydrogens is 324 g/mol. The Morgan fingerprint density at radius 3 is 3.05 bits per heavy atom. The molecule has 0 aromatic carbocycles. The van der Waals surface area contributed by atoms with Crippen molar-refractivity contribution in [2.45, 2.75) is 18.6 Å². The number of thioether (sulfide) groups is 1. The fourth-order valence-corrected chi connectivity index (χ4v) is 4.08. The highest BCUT2D eigenvalue weighted by atomic mass is 32.2. The van der Waals surface area contributed by atoms with Crippen molar-refractivity contribution in [2.75, 3.05) is 31.6 Å². The molecule has 8 heteroatoms. The van der Waals surface area contributed by atoms with Gasteiger partial charge < -0.3 is 9.73 Å². The van der Waals surface area contributed by atoms with E-state index in [1.807, 2.05) is 12.1 Å². The molecule has 124 valence electrons. The zero-order valence-electron chi connectivity index (χ0n) is 12.7. The van der Waals surface area contributed by atoms with Crippen LogP contribution in [0, 0.1) is 5.92 Å².